The lowest BCUT2D eigenvalue weighted by Crippen LogP contribution is -2.07. The van der Waals surface area contributed by atoms with Gasteiger partial charge in [0.1, 0.15) is 0 Å². The molecule has 0 aliphatic carbocycles. The van der Waals surface area contributed by atoms with Crippen molar-refractivity contribution < 1.29 is 13.2 Å². The summed E-state index contributed by atoms with van der Waals surface area (Å²) in [5.41, 5.74) is 0.498. The summed E-state index contributed by atoms with van der Waals surface area (Å²) in [7, 11) is 0. The SMILES string of the molecule is CCc1cnc(C(F)(F)F)[nH]1. The molecule has 0 unspecified atom stereocenters. The minimum Gasteiger partial charge on any atom is -0.338 e. The first-order valence-electron chi connectivity index (χ1n) is 3.15. The molecule has 0 saturated heterocycles. The van der Waals surface area contributed by atoms with E-state index >= 15 is 0 Å². The fourth-order valence-corrected chi connectivity index (χ4v) is 0.683. The Labute approximate surface area is 61.5 Å². The van der Waals surface area contributed by atoms with E-state index in [4.69, 9.17) is 0 Å². The number of rotatable bonds is 1. The number of nitrogens with one attached hydrogen (secondary N) is 1. The van der Waals surface area contributed by atoms with Gasteiger partial charge in [0.15, 0.2) is 0 Å². The van der Waals surface area contributed by atoms with Crippen LogP contribution >= 0.6 is 0 Å². The predicted octanol–water partition coefficient (Wildman–Crippen LogP) is 1.99. The summed E-state index contributed by atoms with van der Waals surface area (Å²) in [4.78, 5) is 5.34. The number of halogens is 3. The Bertz CT molecular complexity index is 238. The molecule has 1 aromatic heterocycles. The van der Waals surface area contributed by atoms with Gasteiger partial charge in [-0.25, -0.2) is 4.98 Å². The van der Waals surface area contributed by atoms with E-state index in [2.05, 4.69) is 9.97 Å². The molecule has 0 aliphatic heterocycles. The first-order valence-corrected chi connectivity index (χ1v) is 3.15. The van der Waals surface area contributed by atoms with Gasteiger partial charge in [-0.1, -0.05) is 6.92 Å². The average Bonchev–Trinajstić information content (AvgIpc) is 2.32. The van der Waals surface area contributed by atoms with Crippen molar-refractivity contribution in [3.05, 3.63) is 17.7 Å². The largest absolute Gasteiger partial charge is 0.449 e. The van der Waals surface area contributed by atoms with E-state index in [9.17, 15) is 13.2 Å². The van der Waals surface area contributed by atoms with Crippen molar-refractivity contribution in [1.29, 1.82) is 0 Å². The molecule has 0 aliphatic rings. The Morgan fingerprint density at radius 1 is 1.55 bits per heavy atom. The van der Waals surface area contributed by atoms with Gasteiger partial charge in [0.05, 0.1) is 0 Å². The van der Waals surface area contributed by atoms with Crippen molar-refractivity contribution in [2.24, 2.45) is 0 Å². The number of hydrogen-bond donors (Lipinski definition) is 1. The number of alkyl halides is 3. The van der Waals surface area contributed by atoms with E-state index in [0.29, 0.717) is 12.1 Å². The molecule has 11 heavy (non-hydrogen) atoms. The van der Waals surface area contributed by atoms with Crippen LogP contribution in [0.15, 0.2) is 6.20 Å². The van der Waals surface area contributed by atoms with E-state index in [1.165, 1.54) is 6.20 Å². The van der Waals surface area contributed by atoms with Crippen LogP contribution in [0.4, 0.5) is 13.2 Å². The number of aryl methyl sites for hydroxylation is 1. The van der Waals surface area contributed by atoms with Crippen LogP contribution in [0, 0.1) is 0 Å². The van der Waals surface area contributed by atoms with E-state index in [0.717, 1.165) is 0 Å². The summed E-state index contributed by atoms with van der Waals surface area (Å²) in [5.74, 6) is -0.922. The van der Waals surface area contributed by atoms with Crippen molar-refractivity contribution in [3.63, 3.8) is 0 Å². The van der Waals surface area contributed by atoms with Crippen LogP contribution in [-0.4, -0.2) is 9.97 Å². The van der Waals surface area contributed by atoms with Crippen molar-refractivity contribution in [2.75, 3.05) is 0 Å². The maximum Gasteiger partial charge on any atom is 0.449 e. The standard InChI is InChI=1S/C6H7F3N2/c1-2-4-3-10-5(11-4)6(7,8)9/h3H,2H2,1H3,(H,10,11). The molecule has 0 fully saturated rings. The summed E-state index contributed by atoms with van der Waals surface area (Å²) < 4.78 is 35.5. The lowest BCUT2D eigenvalue weighted by atomic mass is 10.4. The van der Waals surface area contributed by atoms with Crippen molar-refractivity contribution in [3.8, 4) is 0 Å². The van der Waals surface area contributed by atoms with Gasteiger partial charge in [-0.15, -0.1) is 0 Å². The third kappa shape index (κ3) is 1.72. The summed E-state index contributed by atoms with van der Waals surface area (Å²) in [6, 6.07) is 0. The Balaban J connectivity index is 2.89. The van der Waals surface area contributed by atoms with Crippen LogP contribution in [0.1, 0.15) is 18.4 Å². The number of aromatic nitrogens is 2. The molecule has 1 N–H and O–H groups in total. The van der Waals surface area contributed by atoms with Crippen LogP contribution in [0.2, 0.25) is 0 Å². The second kappa shape index (κ2) is 2.56. The molecule has 1 aromatic rings. The second-order valence-corrected chi connectivity index (χ2v) is 2.11. The molecule has 1 rings (SSSR count). The van der Waals surface area contributed by atoms with E-state index in [-0.39, 0.29) is 0 Å². The molecular weight excluding hydrogens is 157 g/mol. The van der Waals surface area contributed by atoms with Gasteiger partial charge in [0.2, 0.25) is 5.82 Å². The molecule has 0 saturated carbocycles. The van der Waals surface area contributed by atoms with Crippen LogP contribution < -0.4 is 0 Å². The van der Waals surface area contributed by atoms with Gasteiger partial charge in [0.25, 0.3) is 0 Å². The van der Waals surface area contributed by atoms with Gasteiger partial charge in [-0.05, 0) is 6.42 Å². The van der Waals surface area contributed by atoms with Gasteiger partial charge in [0, 0.05) is 11.9 Å². The molecule has 0 bridgehead atoms. The topological polar surface area (TPSA) is 28.7 Å². The fraction of sp³-hybridized carbons (Fsp3) is 0.500. The van der Waals surface area contributed by atoms with Crippen LogP contribution in [-0.2, 0) is 12.6 Å². The van der Waals surface area contributed by atoms with Gasteiger partial charge in [-0.2, -0.15) is 13.2 Å². The number of H-pyrrole nitrogens is 1. The zero-order chi connectivity index (χ0) is 8.48. The molecule has 0 amide bonds. The molecule has 5 heteroatoms. The highest BCUT2D eigenvalue weighted by atomic mass is 19.4. The van der Waals surface area contributed by atoms with Gasteiger partial charge < -0.3 is 4.98 Å². The molecule has 62 valence electrons. The van der Waals surface area contributed by atoms with Crippen LogP contribution in [0.25, 0.3) is 0 Å². The fourth-order valence-electron chi connectivity index (χ4n) is 0.683. The summed E-state index contributed by atoms with van der Waals surface area (Å²) in [6.07, 6.45) is -2.63. The summed E-state index contributed by atoms with van der Waals surface area (Å²) in [6.45, 7) is 1.76. The first kappa shape index (κ1) is 8.10. The highest BCUT2D eigenvalue weighted by Gasteiger charge is 2.34. The molecule has 0 atom stereocenters. The lowest BCUT2D eigenvalue weighted by molar-refractivity contribution is -0.144. The van der Waals surface area contributed by atoms with Crippen LogP contribution in [0.5, 0.6) is 0 Å². The third-order valence-corrected chi connectivity index (χ3v) is 1.28. The normalized spacial score (nSPS) is 12.0. The minimum atomic E-state index is -4.35. The maximum atomic E-state index is 11.8. The maximum absolute atomic E-state index is 11.8. The van der Waals surface area contributed by atoms with E-state index in [1.54, 1.807) is 6.92 Å². The minimum absolute atomic E-state index is 0.498. The molecule has 0 aromatic carbocycles. The number of aromatic amines is 1. The highest BCUT2D eigenvalue weighted by molar-refractivity contribution is 5.03. The third-order valence-electron chi connectivity index (χ3n) is 1.28. The van der Waals surface area contributed by atoms with Crippen molar-refractivity contribution in [2.45, 2.75) is 19.5 Å². The lowest BCUT2D eigenvalue weighted by Gasteiger charge is -1.99. The smallest absolute Gasteiger partial charge is 0.338 e. The monoisotopic (exact) mass is 164 g/mol. The Morgan fingerprint density at radius 2 is 2.18 bits per heavy atom. The Hall–Kier alpha value is -1.00. The quantitative estimate of drug-likeness (QED) is 0.675. The molecule has 1 heterocycles. The van der Waals surface area contributed by atoms with E-state index in [1.807, 2.05) is 0 Å². The van der Waals surface area contributed by atoms with E-state index < -0.39 is 12.0 Å². The van der Waals surface area contributed by atoms with Gasteiger partial charge >= 0.3 is 6.18 Å². The molecular formula is C6H7F3N2. The average molecular weight is 164 g/mol. The first-order chi connectivity index (χ1) is 5.04. The number of nitrogens with zero attached hydrogens (tertiary/aromatic N) is 1. The van der Waals surface area contributed by atoms with Crippen LogP contribution in [0.3, 0.4) is 0 Å². The zero-order valence-electron chi connectivity index (χ0n) is 5.87. The van der Waals surface area contributed by atoms with Crippen molar-refractivity contribution >= 4 is 0 Å². The second-order valence-electron chi connectivity index (χ2n) is 2.11. The number of hydrogen-bond acceptors (Lipinski definition) is 1. The Morgan fingerprint density at radius 3 is 2.45 bits per heavy atom. The molecule has 0 spiro atoms. The Kier molecular flexibility index (Phi) is 1.89. The zero-order valence-corrected chi connectivity index (χ0v) is 5.87. The number of imidazole rings is 1. The predicted molar refractivity (Wildman–Crippen MR) is 33.0 cm³/mol. The van der Waals surface area contributed by atoms with Gasteiger partial charge in [-0.3, -0.25) is 0 Å². The molecule has 0 radical (unpaired) electrons. The summed E-state index contributed by atoms with van der Waals surface area (Å²) in [5, 5.41) is 0. The molecule has 2 nitrogen and oxygen atoms in total. The highest BCUT2D eigenvalue weighted by Crippen LogP contribution is 2.26. The van der Waals surface area contributed by atoms with Crippen molar-refractivity contribution in [1.82, 2.24) is 9.97 Å². The summed E-state index contributed by atoms with van der Waals surface area (Å²) >= 11 is 0.